The van der Waals surface area contributed by atoms with Crippen LogP contribution in [0.1, 0.15) is 15.9 Å². The quantitative estimate of drug-likeness (QED) is 0.687. The van der Waals surface area contributed by atoms with Gasteiger partial charge in [0.1, 0.15) is 5.75 Å². The molecule has 2 rings (SSSR count). The smallest absolute Gasteiger partial charge is 0.335 e. The van der Waals surface area contributed by atoms with Crippen LogP contribution in [0.3, 0.4) is 0 Å². The first-order valence-corrected chi connectivity index (χ1v) is 5.84. The van der Waals surface area contributed by atoms with Gasteiger partial charge in [-0.2, -0.15) is 0 Å². The Labute approximate surface area is 118 Å². The molecule has 0 aliphatic carbocycles. The lowest BCUT2D eigenvalue weighted by Gasteiger charge is -2.08. The van der Waals surface area contributed by atoms with Crippen molar-refractivity contribution < 1.29 is 24.0 Å². The molecule has 0 aromatic heterocycles. The van der Waals surface area contributed by atoms with Gasteiger partial charge in [0.25, 0.3) is 5.69 Å². The third-order valence-corrected chi connectivity index (χ3v) is 2.77. The summed E-state index contributed by atoms with van der Waals surface area (Å²) < 4.78 is 19.0. The predicted octanol–water partition coefficient (Wildman–Crippen LogP) is 3.53. The van der Waals surface area contributed by atoms with Crippen LogP contribution in [-0.4, -0.2) is 16.0 Å². The molecule has 0 saturated carbocycles. The van der Waals surface area contributed by atoms with Gasteiger partial charge in [-0.3, -0.25) is 10.1 Å². The molecule has 0 unspecified atom stereocenters. The second-order valence-electron chi connectivity index (χ2n) is 4.26. The number of halogens is 1. The molecule has 0 saturated heterocycles. The van der Waals surface area contributed by atoms with E-state index < -0.39 is 16.7 Å². The van der Waals surface area contributed by atoms with Crippen LogP contribution >= 0.6 is 0 Å². The summed E-state index contributed by atoms with van der Waals surface area (Å²) in [6.45, 7) is 1.54. The molecule has 0 aliphatic heterocycles. The third-order valence-electron chi connectivity index (χ3n) is 2.77. The average molecular weight is 291 g/mol. The van der Waals surface area contributed by atoms with Crippen LogP contribution in [-0.2, 0) is 0 Å². The van der Waals surface area contributed by atoms with Crippen LogP contribution in [0.2, 0.25) is 0 Å². The SMILES string of the molecule is Cc1cc(Oc2ccc(C(=O)O)cc2F)ccc1[N+](=O)[O-]. The zero-order chi connectivity index (χ0) is 15.6. The number of carboxylic acids is 1. The molecule has 0 aliphatic rings. The Hall–Kier alpha value is -2.96. The molecule has 6 nitrogen and oxygen atoms in total. The van der Waals surface area contributed by atoms with Gasteiger partial charge in [-0.25, -0.2) is 9.18 Å². The highest BCUT2D eigenvalue weighted by Gasteiger charge is 2.13. The third kappa shape index (κ3) is 3.14. The van der Waals surface area contributed by atoms with Gasteiger partial charge in [-0.15, -0.1) is 0 Å². The van der Waals surface area contributed by atoms with E-state index in [2.05, 4.69) is 0 Å². The molecular weight excluding hydrogens is 281 g/mol. The second kappa shape index (κ2) is 5.58. The van der Waals surface area contributed by atoms with Crippen LogP contribution in [0, 0.1) is 22.9 Å². The summed E-state index contributed by atoms with van der Waals surface area (Å²) in [6.07, 6.45) is 0. The Kier molecular flexibility index (Phi) is 3.84. The van der Waals surface area contributed by atoms with Crippen molar-refractivity contribution in [2.75, 3.05) is 0 Å². The van der Waals surface area contributed by atoms with Crippen LogP contribution in [0.4, 0.5) is 10.1 Å². The number of hydrogen-bond donors (Lipinski definition) is 1. The van der Waals surface area contributed by atoms with Crippen LogP contribution < -0.4 is 4.74 Å². The van der Waals surface area contributed by atoms with Gasteiger partial charge in [0, 0.05) is 11.6 Å². The monoisotopic (exact) mass is 291 g/mol. The van der Waals surface area contributed by atoms with Crippen molar-refractivity contribution in [2.45, 2.75) is 6.92 Å². The van der Waals surface area contributed by atoms with E-state index in [0.29, 0.717) is 5.56 Å². The van der Waals surface area contributed by atoms with Crippen molar-refractivity contribution in [3.63, 3.8) is 0 Å². The molecule has 21 heavy (non-hydrogen) atoms. The molecular formula is C14H10FNO5. The zero-order valence-corrected chi connectivity index (χ0v) is 10.9. The number of rotatable bonds is 4. The number of benzene rings is 2. The summed E-state index contributed by atoms with van der Waals surface area (Å²) in [4.78, 5) is 20.9. The summed E-state index contributed by atoms with van der Waals surface area (Å²) in [5, 5.41) is 19.4. The number of aromatic carboxylic acids is 1. The van der Waals surface area contributed by atoms with Gasteiger partial charge in [0.2, 0.25) is 0 Å². The molecule has 2 aromatic rings. The lowest BCUT2D eigenvalue weighted by Crippen LogP contribution is -1.98. The van der Waals surface area contributed by atoms with Crippen LogP contribution in [0.5, 0.6) is 11.5 Å². The Balaban J connectivity index is 2.28. The van der Waals surface area contributed by atoms with Crippen molar-refractivity contribution in [3.8, 4) is 11.5 Å². The minimum absolute atomic E-state index is 0.0657. The number of carboxylic acid groups (broad SMARTS) is 1. The van der Waals surface area contributed by atoms with Gasteiger partial charge >= 0.3 is 5.97 Å². The molecule has 2 aromatic carbocycles. The normalized spacial score (nSPS) is 10.2. The standard InChI is InChI=1S/C14H10FNO5/c1-8-6-10(3-4-12(8)16(19)20)21-13-5-2-9(14(17)18)7-11(13)15/h2-7H,1H3,(H,17,18). The van der Waals surface area contributed by atoms with E-state index in [9.17, 15) is 19.3 Å². The summed E-state index contributed by atoms with van der Waals surface area (Å²) >= 11 is 0. The fourth-order valence-electron chi connectivity index (χ4n) is 1.74. The fourth-order valence-corrected chi connectivity index (χ4v) is 1.74. The van der Waals surface area contributed by atoms with E-state index in [1.165, 1.54) is 37.3 Å². The topological polar surface area (TPSA) is 89.7 Å². The highest BCUT2D eigenvalue weighted by atomic mass is 19.1. The highest BCUT2D eigenvalue weighted by Crippen LogP contribution is 2.29. The first-order chi connectivity index (χ1) is 9.88. The number of nitro benzene ring substituents is 1. The molecule has 0 amide bonds. The first-order valence-electron chi connectivity index (χ1n) is 5.84. The number of hydrogen-bond acceptors (Lipinski definition) is 4. The van der Waals surface area contributed by atoms with Gasteiger partial charge in [0.15, 0.2) is 11.6 Å². The lowest BCUT2D eigenvalue weighted by atomic mass is 10.2. The first kappa shape index (κ1) is 14.4. The molecule has 0 heterocycles. The summed E-state index contributed by atoms with van der Waals surface area (Å²) in [7, 11) is 0. The van der Waals surface area contributed by atoms with Gasteiger partial charge < -0.3 is 9.84 Å². The molecule has 1 N–H and O–H groups in total. The van der Waals surface area contributed by atoms with E-state index in [1.807, 2.05) is 0 Å². The van der Waals surface area contributed by atoms with Crippen molar-refractivity contribution in [2.24, 2.45) is 0 Å². The number of ether oxygens (including phenoxy) is 1. The minimum Gasteiger partial charge on any atom is -0.478 e. The number of aryl methyl sites for hydroxylation is 1. The average Bonchev–Trinajstić information content (AvgIpc) is 2.40. The van der Waals surface area contributed by atoms with Crippen molar-refractivity contribution in [3.05, 3.63) is 63.5 Å². The molecule has 0 radical (unpaired) electrons. The Morgan fingerprint density at radius 2 is 2.00 bits per heavy atom. The summed E-state index contributed by atoms with van der Waals surface area (Å²) in [5.41, 5.74) is 0.115. The maximum Gasteiger partial charge on any atom is 0.335 e. The second-order valence-corrected chi connectivity index (χ2v) is 4.26. The number of nitrogens with zero attached hydrogens (tertiary/aromatic N) is 1. The molecule has 0 bridgehead atoms. The van der Waals surface area contributed by atoms with E-state index in [1.54, 1.807) is 0 Å². The number of carbonyl (C=O) groups is 1. The van der Waals surface area contributed by atoms with Crippen molar-refractivity contribution in [1.82, 2.24) is 0 Å². The number of nitro groups is 1. The van der Waals surface area contributed by atoms with E-state index in [-0.39, 0.29) is 22.7 Å². The van der Waals surface area contributed by atoms with E-state index in [0.717, 1.165) is 6.07 Å². The highest BCUT2D eigenvalue weighted by molar-refractivity contribution is 5.87. The van der Waals surface area contributed by atoms with Gasteiger partial charge in [-0.05, 0) is 37.3 Å². The largest absolute Gasteiger partial charge is 0.478 e. The Morgan fingerprint density at radius 3 is 2.52 bits per heavy atom. The molecule has 7 heteroatoms. The molecule has 0 fully saturated rings. The molecule has 108 valence electrons. The maximum atomic E-state index is 13.7. The van der Waals surface area contributed by atoms with E-state index >= 15 is 0 Å². The summed E-state index contributed by atoms with van der Waals surface area (Å²) in [5.74, 6) is -2.01. The van der Waals surface area contributed by atoms with Gasteiger partial charge in [0.05, 0.1) is 10.5 Å². The molecule has 0 atom stereocenters. The minimum atomic E-state index is -1.24. The van der Waals surface area contributed by atoms with Crippen molar-refractivity contribution in [1.29, 1.82) is 0 Å². The van der Waals surface area contributed by atoms with Crippen LogP contribution in [0.15, 0.2) is 36.4 Å². The van der Waals surface area contributed by atoms with Gasteiger partial charge in [-0.1, -0.05) is 0 Å². The zero-order valence-electron chi connectivity index (χ0n) is 10.9. The lowest BCUT2D eigenvalue weighted by molar-refractivity contribution is -0.385. The Bertz CT molecular complexity index is 729. The van der Waals surface area contributed by atoms with Crippen molar-refractivity contribution >= 4 is 11.7 Å². The summed E-state index contributed by atoms with van der Waals surface area (Å²) in [6, 6.07) is 7.25. The predicted molar refractivity (Wildman–Crippen MR) is 71.3 cm³/mol. The van der Waals surface area contributed by atoms with E-state index in [4.69, 9.17) is 9.84 Å². The molecule has 0 spiro atoms. The Morgan fingerprint density at radius 1 is 1.29 bits per heavy atom. The fraction of sp³-hybridized carbons (Fsp3) is 0.0714. The maximum absolute atomic E-state index is 13.7. The van der Waals surface area contributed by atoms with Crippen LogP contribution in [0.25, 0.3) is 0 Å².